The van der Waals surface area contributed by atoms with Crippen molar-refractivity contribution in [3.05, 3.63) is 29.8 Å². The number of hydrogen-bond donors (Lipinski definition) is 1. The third kappa shape index (κ3) is 3.75. The molecule has 1 saturated heterocycles. The minimum absolute atomic E-state index is 0.00908. The Morgan fingerprint density at radius 1 is 1.52 bits per heavy atom. The number of halogens is 1. The molecule has 2 heterocycles. The Kier molecular flexibility index (Phi) is 5.21. The predicted molar refractivity (Wildman–Crippen MR) is 73.1 cm³/mol. The largest absolute Gasteiger partial charge is 0.377 e. The number of carbonyl (C=O) groups excluding carboxylic acids is 2. The number of morpholine rings is 1. The van der Waals surface area contributed by atoms with Gasteiger partial charge in [-0.05, 0) is 18.6 Å². The monoisotopic (exact) mass is 295 g/mol. The van der Waals surface area contributed by atoms with Gasteiger partial charge in [-0.2, -0.15) is 4.39 Å². The van der Waals surface area contributed by atoms with Crippen LogP contribution in [-0.2, 0) is 9.53 Å². The molecule has 0 spiro atoms. The molecule has 0 bridgehead atoms. The second-order valence-corrected chi connectivity index (χ2v) is 4.73. The van der Waals surface area contributed by atoms with Crippen molar-refractivity contribution in [1.29, 1.82) is 0 Å². The second-order valence-electron chi connectivity index (χ2n) is 4.73. The molecule has 1 aromatic heterocycles. The van der Waals surface area contributed by atoms with Crippen molar-refractivity contribution >= 4 is 11.8 Å². The van der Waals surface area contributed by atoms with E-state index in [-0.39, 0.29) is 24.8 Å². The highest BCUT2D eigenvalue weighted by Gasteiger charge is 2.33. The molecule has 1 unspecified atom stereocenters. The van der Waals surface area contributed by atoms with E-state index in [4.69, 9.17) is 4.74 Å². The lowest BCUT2D eigenvalue weighted by Crippen LogP contribution is -2.56. The Hall–Kier alpha value is -2.02. The van der Waals surface area contributed by atoms with Crippen molar-refractivity contribution in [1.82, 2.24) is 15.2 Å². The number of nitrogens with zero attached hydrogens (tertiary/aromatic N) is 2. The van der Waals surface area contributed by atoms with Crippen LogP contribution < -0.4 is 5.32 Å². The summed E-state index contributed by atoms with van der Waals surface area (Å²) in [5, 5.41) is 2.74. The SMILES string of the molecule is CCCNC(=O)C1COCCN1C(=O)c1cccc(F)n1. The lowest BCUT2D eigenvalue weighted by Gasteiger charge is -2.34. The van der Waals surface area contributed by atoms with Gasteiger partial charge in [-0.15, -0.1) is 0 Å². The van der Waals surface area contributed by atoms with E-state index in [1.54, 1.807) is 0 Å². The summed E-state index contributed by atoms with van der Waals surface area (Å²) in [4.78, 5) is 29.5. The standard InChI is InChI=1S/C14H18FN3O3/c1-2-6-16-13(19)11-9-21-8-7-18(11)14(20)10-4-3-5-12(15)17-10/h3-5,11H,2,6-9H2,1H3,(H,16,19). The van der Waals surface area contributed by atoms with Gasteiger partial charge >= 0.3 is 0 Å². The Balaban J connectivity index is 2.14. The van der Waals surface area contributed by atoms with Gasteiger partial charge in [0.05, 0.1) is 13.2 Å². The molecule has 0 aliphatic carbocycles. The van der Waals surface area contributed by atoms with Gasteiger partial charge in [-0.1, -0.05) is 13.0 Å². The average Bonchev–Trinajstić information content (AvgIpc) is 2.52. The predicted octanol–water partition coefficient (Wildman–Crippen LogP) is 0.588. The minimum atomic E-state index is -0.721. The van der Waals surface area contributed by atoms with Gasteiger partial charge in [0.1, 0.15) is 11.7 Å². The lowest BCUT2D eigenvalue weighted by atomic mass is 10.2. The Morgan fingerprint density at radius 2 is 2.33 bits per heavy atom. The fourth-order valence-corrected chi connectivity index (χ4v) is 2.10. The van der Waals surface area contributed by atoms with Gasteiger partial charge in [0.2, 0.25) is 11.9 Å². The maximum atomic E-state index is 13.1. The van der Waals surface area contributed by atoms with Crippen LogP contribution in [0.1, 0.15) is 23.8 Å². The zero-order valence-electron chi connectivity index (χ0n) is 11.8. The number of pyridine rings is 1. The highest BCUT2D eigenvalue weighted by atomic mass is 19.1. The smallest absolute Gasteiger partial charge is 0.273 e. The first-order valence-corrected chi connectivity index (χ1v) is 6.92. The Labute approximate surface area is 122 Å². The van der Waals surface area contributed by atoms with Crippen LogP contribution in [0, 0.1) is 5.95 Å². The third-order valence-corrected chi connectivity index (χ3v) is 3.18. The molecule has 7 heteroatoms. The maximum absolute atomic E-state index is 13.1. The van der Waals surface area contributed by atoms with Gasteiger partial charge in [-0.3, -0.25) is 9.59 Å². The molecule has 2 rings (SSSR count). The molecule has 2 amide bonds. The molecule has 114 valence electrons. The van der Waals surface area contributed by atoms with E-state index < -0.39 is 17.9 Å². The molecule has 1 aliphatic heterocycles. The number of amides is 2. The molecular formula is C14H18FN3O3. The first-order valence-electron chi connectivity index (χ1n) is 6.92. The van der Waals surface area contributed by atoms with Crippen LogP contribution in [0.15, 0.2) is 18.2 Å². The Bertz CT molecular complexity index is 524. The summed E-state index contributed by atoms with van der Waals surface area (Å²) >= 11 is 0. The summed E-state index contributed by atoms with van der Waals surface area (Å²) in [5.41, 5.74) is -0.00908. The Morgan fingerprint density at radius 3 is 3.05 bits per heavy atom. The van der Waals surface area contributed by atoms with Crippen LogP contribution in [-0.4, -0.2) is 54.0 Å². The van der Waals surface area contributed by atoms with Crippen LogP contribution in [0.3, 0.4) is 0 Å². The summed E-state index contributed by atoms with van der Waals surface area (Å²) < 4.78 is 18.4. The summed E-state index contributed by atoms with van der Waals surface area (Å²) in [7, 11) is 0. The fourth-order valence-electron chi connectivity index (χ4n) is 2.10. The highest BCUT2D eigenvalue weighted by Crippen LogP contribution is 2.12. The van der Waals surface area contributed by atoms with Crippen molar-refractivity contribution in [2.75, 3.05) is 26.3 Å². The zero-order valence-corrected chi connectivity index (χ0v) is 11.8. The van der Waals surface area contributed by atoms with Gasteiger partial charge in [0.15, 0.2) is 0 Å². The molecule has 1 aromatic rings. The second kappa shape index (κ2) is 7.12. The van der Waals surface area contributed by atoms with Crippen molar-refractivity contribution in [3.63, 3.8) is 0 Å². The van der Waals surface area contributed by atoms with Crippen LogP contribution in [0.2, 0.25) is 0 Å². The first kappa shape index (κ1) is 15.4. The number of ether oxygens (including phenoxy) is 1. The molecule has 0 aromatic carbocycles. The van der Waals surface area contributed by atoms with E-state index in [1.807, 2.05) is 6.92 Å². The van der Waals surface area contributed by atoms with Crippen molar-refractivity contribution in [2.24, 2.45) is 0 Å². The molecule has 1 fully saturated rings. The van der Waals surface area contributed by atoms with E-state index in [0.717, 1.165) is 6.42 Å². The third-order valence-electron chi connectivity index (χ3n) is 3.18. The number of nitrogens with one attached hydrogen (secondary N) is 1. The number of hydrogen-bond acceptors (Lipinski definition) is 4. The van der Waals surface area contributed by atoms with Gasteiger partial charge in [0.25, 0.3) is 5.91 Å². The van der Waals surface area contributed by atoms with Crippen molar-refractivity contribution in [3.8, 4) is 0 Å². The van der Waals surface area contributed by atoms with Crippen molar-refractivity contribution < 1.29 is 18.7 Å². The molecule has 21 heavy (non-hydrogen) atoms. The molecule has 0 radical (unpaired) electrons. The number of aromatic nitrogens is 1. The summed E-state index contributed by atoms with van der Waals surface area (Å²) in [6.07, 6.45) is 0.804. The van der Waals surface area contributed by atoms with Gasteiger partial charge < -0.3 is 15.0 Å². The topological polar surface area (TPSA) is 71.5 Å². The van der Waals surface area contributed by atoms with Crippen molar-refractivity contribution in [2.45, 2.75) is 19.4 Å². The van der Waals surface area contributed by atoms with E-state index in [0.29, 0.717) is 13.2 Å². The number of carbonyl (C=O) groups is 2. The minimum Gasteiger partial charge on any atom is -0.377 e. The van der Waals surface area contributed by atoms with Crippen LogP contribution in [0.25, 0.3) is 0 Å². The van der Waals surface area contributed by atoms with Crippen LogP contribution in [0.4, 0.5) is 4.39 Å². The average molecular weight is 295 g/mol. The molecular weight excluding hydrogens is 277 g/mol. The van der Waals surface area contributed by atoms with E-state index in [1.165, 1.54) is 23.1 Å². The summed E-state index contributed by atoms with van der Waals surface area (Å²) in [6, 6.07) is 3.31. The summed E-state index contributed by atoms with van der Waals surface area (Å²) in [6.45, 7) is 3.24. The van der Waals surface area contributed by atoms with E-state index in [9.17, 15) is 14.0 Å². The number of rotatable bonds is 4. The quantitative estimate of drug-likeness (QED) is 0.825. The highest BCUT2D eigenvalue weighted by molar-refractivity contribution is 5.96. The van der Waals surface area contributed by atoms with Crippen LogP contribution >= 0.6 is 0 Å². The van der Waals surface area contributed by atoms with Gasteiger partial charge in [0, 0.05) is 13.1 Å². The molecule has 6 nitrogen and oxygen atoms in total. The molecule has 1 aliphatic rings. The van der Waals surface area contributed by atoms with Gasteiger partial charge in [-0.25, -0.2) is 4.98 Å². The first-order chi connectivity index (χ1) is 10.1. The fraction of sp³-hybridized carbons (Fsp3) is 0.500. The lowest BCUT2D eigenvalue weighted by molar-refractivity contribution is -0.130. The van der Waals surface area contributed by atoms with E-state index in [2.05, 4.69) is 10.3 Å². The maximum Gasteiger partial charge on any atom is 0.273 e. The zero-order chi connectivity index (χ0) is 15.2. The van der Waals surface area contributed by atoms with Crippen LogP contribution in [0.5, 0.6) is 0 Å². The molecule has 0 saturated carbocycles. The molecule has 1 atom stereocenters. The normalized spacial score (nSPS) is 18.4. The molecule has 1 N–H and O–H groups in total. The van der Waals surface area contributed by atoms with E-state index >= 15 is 0 Å². The summed E-state index contributed by atoms with van der Waals surface area (Å²) in [5.74, 6) is -1.45.